The number of alkyl carbamates (subject to hydrolysis) is 1. The van der Waals surface area contributed by atoms with E-state index in [9.17, 15) is 40.8 Å². The van der Waals surface area contributed by atoms with E-state index in [0.717, 1.165) is 0 Å². The van der Waals surface area contributed by atoms with Gasteiger partial charge in [0.2, 0.25) is 33.3 Å². The van der Waals surface area contributed by atoms with Gasteiger partial charge in [0, 0.05) is 23.1 Å². The van der Waals surface area contributed by atoms with E-state index in [2.05, 4.69) is 20.3 Å². The molecule has 4 aliphatic rings. The molecule has 6 rings (SSSR count). The lowest BCUT2D eigenvalue weighted by molar-refractivity contribution is -0.244. The van der Waals surface area contributed by atoms with E-state index < -0.39 is 86.4 Å². The lowest BCUT2D eigenvalue weighted by Gasteiger charge is -2.33. The minimum Gasteiger partial charge on any atom is -0.494 e. The number of fused-ring (bicyclic) bond motifs is 3. The van der Waals surface area contributed by atoms with Crippen molar-refractivity contribution in [2.75, 3.05) is 13.7 Å². The van der Waals surface area contributed by atoms with Gasteiger partial charge in [0.15, 0.2) is 0 Å². The first-order valence-corrected chi connectivity index (χ1v) is 20.3. The van der Waals surface area contributed by atoms with Gasteiger partial charge in [-0.2, -0.15) is 13.2 Å². The molecule has 1 saturated heterocycles. The Kier molecular flexibility index (Phi) is 11.3. The van der Waals surface area contributed by atoms with Gasteiger partial charge in [-0.15, -0.1) is 0 Å². The number of benzene rings is 1. The summed E-state index contributed by atoms with van der Waals surface area (Å²) in [5, 5.41) is 5.73. The zero-order valence-corrected chi connectivity index (χ0v) is 32.7. The molecule has 0 radical (unpaired) electrons. The number of hydrogen-bond donors (Lipinski definition) is 3. The third-order valence-electron chi connectivity index (χ3n) is 11.2. The van der Waals surface area contributed by atoms with Crippen LogP contribution < -0.4 is 24.8 Å². The number of alkyl halides is 3. The molecular weight excluding hydrogens is 760 g/mol. The quantitative estimate of drug-likeness (QED) is 0.321. The number of carbonyl (C=O) groups excluding carboxylic acids is 4. The van der Waals surface area contributed by atoms with Crippen LogP contribution in [0.15, 0.2) is 42.6 Å². The van der Waals surface area contributed by atoms with Gasteiger partial charge >= 0.3 is 12.3 Å². The highest BCUT2D eigenvalue weighted by Crippen LogP contribution is 2.46. The van der Waals surface area contributed by atoms with E-state index in [0.29, 0.717) is 62.5 Å². The Balaban J connectivity index is 1.35. The van der Waals surface area contributed by atoms with Crippen molar-refractivity contribution in [2.45, 2.75) is 113 Å². The van der Waals surface area contributed by atoms with Crippen molar-refractivity contribution in [1.82, 2.24) is 25.2 Å². The fourth-order valence-corrected chi connectivity index (χ4v) is 8.68. The van der Waals surface area contributed by atoms with Crippen molar-refractivity contribution in [2.24, 2.45) is 17.8 Å². The molecule has 3 N–H and O–H groups in total. The maximum absolute atomic E-state index is 14.6. The number of pyridine rings is 1. The van der Waals surface area contributed by atoms with E-state index in [1.165, 1.54) is 18.2 Å². The molecule has 3 heterocycles. The highest BCUT2D eigenvalue weighted by molar-refractivity contribution is 7.91. The van der Waals surface area contributed by atoms with Crippen LogP contribution in [0.5, 0.6) is 11.6 Å². The third kappa shape index (κ3) is 8.54. The SMILES string of the molecule is COc1cnc(O[C@@H]2C[C@H]3C(=O)N[C@]4(C(=O)NS(=O)(=O)C5CC5)C[C@@H]4/C=C\[C@H](C)CCC[C@@H](C)[C@H](NC(=O)OC(C)(C)C(F)(F)F)C(=O)N3C2)c2ccccc12. The van der Waals surface area contributed by atoms with Crippen LogP contribution in [0.25, 0.3) is 10.8 Å². The van der Waals surface area contributed by atoms with Crippen molar-refractivity contribution in [3.63, 3.8) is 0 Å². The number of nitrogens with one attached hydrogen (secondary N) is 3. The summed E-state index contributed by atoms with van der Waals surface area (Å²) in [4.78, 5) is 61.5. The summed E-state index contributed by atoms with van der Waals surface area (Å²) in [6.07, 6.45) is 0.291. The Labute approximate surface area is 323 Å². The molecule has 306 valence electrons. The third-order valence-corrected chi connectivity index (χ3v) is 13.0. The first kappa shape index (κ1) is 41.0. The Morgan fingerprint density at radius 2 is 1.73 bits per heavy atom. The fourth-order valence-electron chi connectivity index (χ4n) is 7.32. The molecule has 0 spiro atoms. The molecule has 2 saturated carbocycles. The molecule has 0 bridgehead atoms. The predicted molar refractivity (Wildman–Crippen MR) is 197 cm³/mol. The summed E-state index contributed by atoms with van der Waals surface area (Å²) in [6, 6.07) is 4.42. The zero-order chi connectivity index (χ0) is 40.8. The van der Waals surface area contributed by atoms with Crippen molar-refractivity contribution < 1.29 is 55.0 Å². The Morgan fingerprint density at radius 1 is 1.04 bits per heavy atom. The minimum atomic E-state index is -4.91. The molecule has 1 aromatic carbocycles. The molecular formula is C38H48F3N5O9S. The van der Waals surface area contributed by atoms with Gasteiger partial charge in [-0.3, -0.25) is 19.1 Å². The molecule has 2 aromatic rings. The fraction of sp³-hybridized carbons (Fsp3) is 0.605. The van der Waals surface area contributed by atoms with Crippen molar-refractivity contribution in [3.8, 4) is 11.6 Å². The maximum atomic E-state index is 14.6. The predicted octanol–water partition coefficient (Wildman–Crippen LogP) is 4.52. The normalized spacial score (nSPS) is 29.5. The molecule has 2 aliphatic heterocycles. The summed E-state index contributed by atoms with van der Waals surface area (Å²) in [7, 11) is -2.48. The molecule has 0 unspecified atom stereocenters. The number of allylic oxidation sites excluding steroid dienone is 1. The number of hydrogen-bond acceptors (Lipinski definition) is 10. The number of aromatic nitrogens is 1. The number of carbonyl (C=O) groups is 4. The van der Waals surface area contributed by atoms with Crippen LogP contribution in [0.2, 0.25) is 0 Å². The van der Waals surface area contributed by atoms with Gasteiger partial charge in [0.25, 0.3) is 5.91 Å². The number of methoxy groups -OCH3 is 1. The molecule has 1 aromatic heterocycles. The number of ether oxygens (including phenoxy) is 3. The standard InChI is InChI=1S/C38H48F3N5O9S/c1-21-9-8-10-22(2)30(43-35(50)55-36(3,4)38(39,40)41)33(48)46-20-24(54-32-27-12-7-6-11-26(27)29(53-5)19-42-32)17-28(46)31(47)44-37(18-23(37)14-13-21)34(49)45-56(51,52)25-15-16-25/h6-7,11-14,19,21-25,28,30H,8-10,15-18,20H2,1-5H3,(H,43,50)(H,44,47)(H,45,49)/b14-13-/t21-,22-,23+,24-,28+,30+,37-/m1/s1. The first-order chi connectivity index (χ1) is 26.3. The molecule has 7 atom stereocenters. The molecule has 56 heavy (non-hydrogen) atoms. The second kappa shape index (κ2) is 15.4. The summed E-state index contributed by atoms with van der Waals surface area (Å²) in [5.74, 6) is -2.96. The van der Waals surface area contributed by atoms with E-state index in [1.54, 1.807) is 25.1 Å². The molecule has 4 amide bonds. The van der Waals surface area contributed by atoms with Crippen LogP contribution in [0.1, 0.15) is 72.6 Å². The van der Waals surface area contributed by atoms with E-state index >= 15 is 0 Å². The first-order valence-electron chi connectivity index (χ1n) is 18.8. The average molecular weight is 808 g/mol. The number of halogens is 3. The van der Waals surface area contributed by atoms with Gasteiger partial charge in [-0.05, 0) is 63.9 Å². The highest BCUT2D eigenvalue weighted by Gasteiger charge is 2.62. The maximum Gasteiger partial charge on any atom is 0.427 e. The van der Waals surface area contributed by atoms with Gasteiger partial charge in [-0.1, -0.05) is 50.6 Å². The lowest BCUT2D eigenvalue weighted by Crippen LogP contribution is -2.59. The zero-order valence-electron chi connectivity index (χ0n) is 31.9. The second-order valence-electron chi connectivity index (χ2n) is 15.9. The van der Waals surface area contributed by atoms with Gasteiger partial charge in [-0.25, -0.2) is 18.2 Å². The smallest absolute Gasteiger partial charge is 0.427 e. The molecule has 2 aliphatic carbocycles. The van der Waals surface area contributed by atoms with Crippen LogP contribution in [0.4, 0.5) is 18.0 Å². The van der Waals surface area contributed by atoms with Crippen LogP contribution in [0, 0.1) is 17.8 Å². The molecule has 18 heteroatoms. The summed E-state index contributed by atoms with van der Waals surface area (Å²) in [6.45, 7) is 4.79. The highest BCUT2D eigenvalue weighted by atomic mass is 32.2. The number of amides is 4. The molecule has 14 nitrogen and oxygen atoms in total. The van der Waals surface area contributed by atoms with Crippen LogP contribution >= 0.6 is 0 Å². The van der Waals surface area contributed by atoms with Gasteiger partial charge in [0.05, 0.1) is 25.1 Å². The van der Waals surface area contributed by atoms with E-state index in [4.69, 9.17) is 14.2 Å². The van der Waals surface area contributed by atoms with Crippen LogP contribution in [0.3, 0.4) is 0 Å². The number of nitrogens with zero attached hydrogens (tertiary/aromatic N) is 2. The van der Waals surface area contributed by atoms with Gasteiger partial charge in [0.1, 0.15) is 29.5 Å². The number of sulfonamides is 1. The van der Waals surface area contributed by atoms with Crippen molar-refractivity contribution in [1.29, 1.82) is 0 Å². The minimum absolute atomic E-state index is 0.0251. The van der Waals surface area contributed by atoms with Gasteiger partial charge < -0.3 is 29.7 Å². The van der Waals surface area contributed by atoms with Crippen LogP contribution in [-0.4, -0.2) is 96.5 Å². The summed E-state index contributed by atoms with van der Waals surface area (Å²) < 4.78 is 85.5. The lowest BCUT2D eigenvalue weighted by atomic mass is 9.92. The molecule has 3 fully saturated rings. The Morgan fingerprint density at radius 3 is 2.39 bits per heavy atom. The van der Waals surface area contributed by atoms with E-state index in [1.807, 2.05) is 25.1 Å². The topological polar surface area (TPSA) is 182 Å². The summed E-state index contributed by atoms with van der Waals surface area (Å²) >= 11 is 0. The van der Waals surface area contributed by atoms with Crippen molar-refractivity contribution in [3.05, 3.63) is 42.6 Å². The Bertz CT molecular complexity index is 2010. The van der Waals surface area contributed by atoms with Crippen LogP contribution in [-0.2, 0) is 29.1 Å². The largest absolute Gasteiger partial charge is 0.494 e. The monoisotopic (exact) mass is 807 g/mol. The second-order valence-corrected chi connectivity index (χ2v) is 17.9. The Hall–Kier alpha value is -4.61. The number of rotatable bonds is 8. The van der Waals surface area contributed by atoms with E-state index in [-0.39, 0.29) is 31.2 Å². The average Bonchev–Trinajstić information content (AvgIpc) is 4.05. The summed E-state index contributed by atoms with van der Waals surface area (Å²) in [5.41, 5.74) is -4.51. The van der Waals surface area contributed by atoms with Crippen molar-refractivity contribution >= 4 is 44.6 Å².